The highest BCUT2D eigenvalue weighted by Gasteiger charge is 2.34. The predicted octanol–water partition coefficient (Wildman–Crippen LogP) is 18.5. The Morgan fingerprint density at radius 1 is 0.435 bits per heavy atom. The van der Waals surface area contributed by atoms with E-state index >= 15 is 0 Å². The molecule has 1 heteroatoms. The van der Waals surface area contributed by atoms with E-state index in [1.807, 2.05) is 45.9 Å². The number of allylic oxidation sites excluding steroid dienone is 7. The number of rotatable bonds is 6. The van der Waals surface area contributed by atoms with E-state index in [1.165, 1.54) is 103 Å². The highest BCUT2D eigenvalue weighted by Crippen LogP contribution is 2.69. The first-order valence-corrected chi connectivity index (χ1v) is 24.3. The number of hydrogen-bond donors (Lipinski definition) is 0. The molecule has 0 unspecified atom stereocenters. The van der Waals surface area contributed by atoms with E-state index in [-0.39, 0.29) is 0 Å². The second kappa shape index (κ2) is 18.1. The fraction of sp³-hybridized carbons (Fsp3) is 0.115. The van der Waals surface area contributed by atoms with Gasteiger partial charge in [-0.3, -0.25) is 0 Å². The van der Waals surface area contributed by atoms with Crippen LogP contribution in [0.1, 0.15) is 40.2 Å². The molecule has 0 aliphatic carbocycles. The summed E-state index contributed by atoms with van der Waals surface area (Å²) in [5, 5.41) is 10.1. The minimum Gasteiger partial charge on any atom is -0.192 e. The Labute approximate surface area is 370 Å². The van der Waals surface area contributed by atoms with E-state index in [0.29, 0.717) is 0 Å². The Bertz CT molecular complexity index is 3190. The van der Waals surface area contributed by atoms with Crippen LogP contribution in [0.3, 0.4) is 0 Å². The van der Waals surface area contributed by atoms with Crippen molar-refractivity contribution in [1.82, 2.24) is 0 Å². The molecule has 10 rings (SSSR count). The summed E-state index contributed by atoms with van der Waals surface area (Å²) in [7, 11) is -1.36. The summed E-state index contributed by atoms with van der Waals surface area (Å²) in [5.41, 5.74) is 12.7. The maximum atomic E-state index is 4.07. The molecule has 0 spiro atoms. The van der Waals surface area contributed by atoms with Crippen LogP contribution in [0, 0.1) is 0 Å². The summed E-state index contributed by atoms with van der Waals surface area (Å²) in [4.78, 5) is 2.91. The van der Waals surface area contributed by atoms with Crippen LogP contribution in [-0.2, 0) is 0 Å². The second-order valence-corrected chi connectivity index (χ2v) is 19.4. The van der Waals surface area contributed by atoms with Gasteiger partial charge < -0.3 is 0 Å². The average molecular weight is 821 g/mol. The van der Waals surface area contributed by atoms with Gasteiger partial charge in [-0.25, -0.2) is 0 Å². The fourth-order valence-electron chi connectivity index (χ4n) is 9.18. The lowest BCUT2D eigenvalue weighted by Gasteiger charge is -2.29. The zero-order chi connectivity index (χ0) is 43.4. The quantitative estimate of drug-likeness (QED) is 0.0890. The molecule has 1 heterocycles. The highest BCUT2D eigenvalue weighted by atomic mass is 32.3. The van der Waals surface area contributed by atoms with Crippen LogP contribution < -0.4 is 0 Å². The van der Waals surface area contributed by atoms with Crippen molar-refractivity contribution in [2.24, 2.45) is 0 Å². The summed E-state index contributed by atoms with van der Waals surface area (Å²) in [5.74, 6) is 0. The Morgan fingerprint density at radius 2 is 0.984 bits per heavy atom. The summed E-state index contributed by atoms with van der Waals surface area (Å²) in [6, 6.07) is 61.5. The molecule has 0 radical (unpaired) electrons. The summed E-state index contributed by atoms with van der Waals surface area (Å²) < 4.78 is 0. The normalized spacial score (nSPS) is 13.4. The zero-order valence-corrected chi connectivity index (χ0v) is 38.0. The minimum absolute atomic E-state index is 1.14. The molecule has 0 nitrogen and oxygen atoms in total. The van der Waals surface area contributed by atoms with Crippen molar-refractivity contribution in [1.29, 1.82) is 0 Å². The van der Waals surface area contributed by atoms with E-state index in [0.717, 1.165) is 5.57 Å². The fourth-order valence-corrected chi connectivity index (χ4v) is 11.7. The van der Waals surface area contributed by atoms with Crippen LogP contribution >= 0.6 is 10.0 Å². The van der Waals surface area contributed by atoms with Gasteiger partial charge in [0.05, 0.1) is 0 Å². The van der Waals surface area contributed by atoms with Crippen LogP contribution in [0.5, 0.6) is 0 Å². The summed E-state index contributed by atoms with van der Waals surface area (Å²) >= 11 is 0. The first kappa shape index (κ1) is 42.0. The first-order valence-electron chi connectivity index (χ1n) is 21.9. The molecule has 0 saturated carbocycles. The maximum absolute atomic E-state index is 4.07. The van der Waals surface area contributed by atoms with Crippen LogP contribution in [0.15, 0.2) is 217 Å². The van der Waals surface area contributed by atoms with Gasteiger partial charge in [-0.2, -0.15) is 10.0 Å². The van der Waals surface area contributed by atoms with Crippen LogP contribution in [0.25, 0.3) is 93.2 Å². The molecule has 0 saturated heterocycles. The van der Waals surface area contributed by atoms with Crippen molar-refractivity contribution in [3.63, 3.8) is 0 Å². The molecule has 9 aromatic rings. The molecule has 1 aliphatic rings. The Morgan fingerprint density at radius 3 is 1.60 bits per heavy atom. The Hall–Kier alpha value is -6.67. The molecule has 62 heavy (non-hydrogen) atoms. The van der Waals surface area contributed by atoms with Crippen molar-refractivity contribution in [2.45, 2.75) is 44.4 Å². The van der Waals surface area contributed by atoms with Crippen LogP contribution in [0.2, 0.25) is 0 Å². The Balaban J connectivity index is 0.000000836. The van der Waals surface area contributed by atoms with Gasteiger partial charge in [-0.1, -0.05) is 196 Å². The molecule has 0 bridgehead atoms. The lowest BCUT2D eigenvalue weighted by atomic mass is 9.82. The Kier molecular flexibility index (Phi) is 12.3. The van der Waals surface area contributed by atoms with E-state index < -0.39 is 10.0 Å². The van der Waals surface area contributed by atoms with Gasteiger partial charge in [-0.05, 0) is 156 Å². The molecule has 9 aromatic carbocycles. The highest BCUT2D eigenvalue weighted by molar-refractivity contribution is 8.33. The molecule has 0 aromatic heterocycles. The van der Waals surface area contributed by atoms with Crippen molar-refractivity contribution in [3.8, 4) is 44.5 Å². The molecule has 0 fully saturated rings. The molecule has 0 N–H and O–H groups in total. The van der Waals surface area contributed by atoms with Crippen LogP contribution in [-0.4, -0.2) is 12.5 Å². The second-order valence-electron chi connectivity index (χ2n) is 15.9. The molecular formula is C61H56S. The number of benzene rings is 9. The monoisotopic (exact) mass is 820 g/mol. The van der Waals surface area contributed by atoms with Crippen molar-refractivity contribution in [2.75, 3.05) is 12.5 Å². The van der Waals surface area contributed by atoms with Crippen molar-refractivity contribution < 1.29 is 0 Å². The smallest absolute Gasteiger partial charge is 0.00220 e. The zero-order valence-electron chi connectivity index (χ0n) is 37.2. The van der Waals surface area contributed by atoms with Crippen molar-refractivity contribution in [3.05, 3.63) is 212 Å². The predicted molar refractivity (Wildman–Crippen MR) is 279 cm³/mol. The third-order valence-corrected chi connectivity index (χ3v) is 15.0. The summed E-state index contributed by atoms with van der Waals surface area (Å²) in [6.45, 7) is 14.2. The topological polar surface area (TPSA) is 0 Å². The average Bonchev–Trinajstić information content (AvgIpc) is 3.54. The number of fused-ring (bicyclic) bond motifs is 7. The van der Waals surface area contributed by atoms with Gasteiger partial charge in [0.25, 0.3) is 0 Å². The first-order chi connectivity index (χ1) is 30.4. The SMILES string of the molecule is C/C=C\C.C=C/C=C(\C=C/C)c1ccc2c(-c3cccc4ccccc34)c3cc4c(cc3c(-c3cccc5ccccc35)c2c1)S(C)(C)c1cc(-c2ccccc2)ccc1-4.CC. The molecular weight excluding hydrogens is 765 g/mol. The van der Waals surface area contributed by atoms with Gasteiger partial charge in [0.2, 0.25) is 0 Å². The number of hydrogen-bond acceptors (Lipinski definition) is 0. The lowest BCUT2D eigenvalue weighted by molar-refractivity contribution is 1.45. The van der Waals surface area contributed by atoms with Gasteiger partial charge in [0.1, 0.15) is 0 Å². The third-order valence-electron chi connectivity index (χ3n) is 12.1. The summed E-state index contributed by atoms with van der Waals surface area (Å²) in [6.07, 6.45) is 17.3. The van der Waals surface area contributed by atoms with E-state index in [9.17, 15) is 0 Å². The lowest BCUT2D eigenvalue weighted by Crippen LogP contribution is -1.96. The molecule has 306 valence electrons. The standard InChI is InChI=1S/C55H42S.C4H8.C2H6/c1-5-16-36(17-6-2)40-29-31-47-49(32-40)55(46-27-15-23-39-21-11-13-25-43(39)46)51-35-53-48(34-50(51)54(47)45-26-14-22-38-20-10-12-24-42(38)45)44-30-28-41(33-52(44)56(53,3)4)37-18-8-7-9-19-37;1-3-4-2;1-2/h5-35H,1H2,2-4H3;3-4H,1-2H3;1-2H3/b17-6-,36-16+;4-3-;. The maximum Gasteiger partial charge on any atom is 0.00220 e. The molecule has 1 aliphatic heterocycles. The van der Waals surface area contributed by atoms with Gasteiger partial charge in [-0.15, -0.1) is 0 Å². The van der Waals surface area contributed by atoms with Gasteiger partial charge in [0.15, 0.2) is 0 Å². The van der Waals surface area contributed by atoms with E-state index in [2.05, 4.69) is 208 Å². The van der Waals surface area contributed by atoms with E-state index in [1.54, 1.807) is 0 Å². The molecule has 0 atom stereocenters. The minimum atomic E-state index is -1.36. The largest absolute Gasteiger partial charge is 0.192 e. The molecule has 0 amide bonds. The van der Waals surface area contributed by atoms with Crippen molar-refractivity contribution >= 4 is 58.7 Å². The third kappa shape index (κ3) is 7.42. The van der Waals surface area contributed by atoms with E-state index in [4.69, 9.17) is 0 Å². The van der Waals surface area contributed by atoms with Gasteiger partial charge >= 0.3 is 0 Å². The van der Waals surface area contributed by atoms with Gasteiger partial charge in [0, 0.05) is 9.79 Å². The van der Waals surface area contributed by atoms with Crippen LogP contribution in [0.4, 0.5) is 0 Å².